The molecule has 0 radical (unpaired) electrons. The van der Waals surface area contributed by atoms with Gasteiger partial charge >= 0.3 is 0 Å². The minimum atomic E-state index is -0.313. The average Bonchev–Trinajstić information content (AvgIpc) is 3.11. The standard InChI is InChI=1S/C22H17N5O/c1-13-8-15(10-23)11-24-20(13)22(28)27-17-7-6-16-12-25-21(18(16)9-17)19-5-3-4-14(2)26-19/h3-9,11H,12H2,1-2H3,(H,27,28). The van der Waals surface area contributed by atoms with Crippen molar-refractivity contribution in [2.24, 2.45) is 4.99 Å². The fraction of sp³-hybridized carbons (Fsp3) is 0.136. The molecule has 0 aliphatic carbocycles. The summed E-state index contributed by atoms with van der Waals surface area (Å²) in [6.45, 7) is 4.31. The molecular weight excluding hydrogens is 350 g/mol. The average molecular weight is 367 g/mol. The Hall–Kier alpha value is -3.85. The van der Waals surface area contributed by atoms with Gasteiger partial charge in [0.1, 0.15) is 11.8 Å². The number of hydrogen-bond donors (Lipinski definition) is 1. The number of carbonyl (C=O) groups excluding carboxylic acids is 1. The van der Waals surface area contributed by atoms with Crippen LogP contribution in [-0.4, -0.2) is 21.6 Å². The second-order valence-electron chi connectivity index (χ2n) is 6.66. The normalized spacial score (nSPS) is 12.1. The van der Waals surface area contributed by atoms with Gasteiger partial charge in [-0.3, -0.25) is 14.8 Å². The van der Waals surface area contributed by atoms with Crippen LogP contribution in [0.3, 0.4) is 0 Å². The van der Waals surface area contributed by atoms with Crippen LogP contribution in [0.25, 0.3) is 0 Å². The van der Waals surface area contributed by atoms with Crippen LogP contribution in [0.15, 0.2) is 53.7 Å². The highest BCUT2D eigenvalue weighted by atomic mass is 16.1. The molecule has 0 saturated heterocycles. The fourth-order valence-electron chi connectivity index (χ4n) is 3.22. The highest BCUT2D eigenvalue weighted by molar-refractivity contribution is 6.15. The summed E-state index contributed by atoms with van der Waals surface area (Å²) in [7, 11) is 0. The lowest BCUT2D eigenvalue weighted by Crippen LogP contribution is -2.16. The number of carbonyl (C=O) groups is 1. The zero-order valence-corrected chi connectivity index (χ0v) is 15.5. The smallest absolute Gasteiger partial charge is 0.274 e. The second kappa shape index (κ2) is 7.05. The van der Waals surface area contributed by atoms with Crippen molar-refractivity contribution in [1.82, 2.24) is 9.97 Å². The van der Waals surface area contributed by atoms with E-state index in [2.05, 4.69) is 20.3 Å². The number of amides is 1. The van der Waals surface area contributed by atoms with Crippen LogP contribution in [0, 0.1) is 25.2 Å². The maximum absolute atomic E-state index is 12.6. The van der Waals surface area contributed by atoms with Crippen molar-refractivity contribution < 1.29 is 4.79 Å². The fourth-order valence-corrected chi connectivity index (χ4v) is 3.22. The van der Waals surface area contributed by atoms with Gasteiger partial charge in [-0.1, -0.05) is 12.1 Å². The Kier molecular flexibility index (Phi) is 4.42. The lowest BCUT2D eigenvalue weighted by atomic mass is 10.0. The molecule has 0 spiro atoms. The number of benzene rings is 1. The number of nitriles is 1. The molecule has 1 aliphatic rings. The predicted octanol–water partition coefficient (Wildman–Crippen LogP) is 3.57. The van der Waals surface area contributed by atoms with E-state index >= 15 is 0 Å². The second-order valence-corrected chi connectivity index (χ2v) is 6.66. The Morgan fingerprint density at radius 2 is 2.04 bits per heavy atom. The van der Waals surface area contributed by atoms with Crippen LogP contribution < -0.4 is 5.32 Å². The summed E-state index contributed by atoms with van der Waals surface area (Å²) in [6, 6.07) is 15.3. The molecule has 0 fully saturated rings. The summed E-state index contributed by atoms with van der Waals surface area (Å²) in [6.07, 6.45) is 1.40. The van der Waals surface area contributed by atoms with E-state index in [0.717, 1.165) is 28.2 Å². The van der Waals surface area contributed by atoms with E-state index in [0.29, 0.717) is 29.1 Å². The highest BCUT2D eigenvalue weighted by Crippen LogP contribution is 2.26. The summed E-state index contributed by atoms with van der Waals surface area (Å²) >= 11 is 0. The number of nitrogens with zero attached hydrogens (tertiary/aromatic N) is 4. The van der Waals surface area contributed by atoms with Gasteiger partial charge in [0.15, 0.2) is 0 Å². The lowest BCUT2D eigenvalue weighted by molar-refractivity contribution is 0.102. The summed E-state index contributed by atoms with van der Waals surface area (Å²) in [5.41, 5.74) is 6.71. The van der Waals surface area contributed by atoms with Crippen molar-refractivity contribution in [1.29, 1.82) is 5.26 Å². The lowest BCUT2D eigenvalue weighted by Gasteiger charge is -2.10. The van der Waals surface area contributed by atoms with E-state index in [4.69, 9.17) is 5.26 Å². The maximum Gasteiger partial charge on any atom is 0.274 e. The molecule has 136 valence electrons. The number of pyridine rings is 2. The molecule has 1 aromatic carbocycles. The number of fused-ring (bicyclic) bond motifs is 1. The van der Waals surface area contributed by atoms with E-state index < -0.39 is 0 Å². The summed E-state index contributed by atoms with van der Waals surface area (Å²) in [4.78, 5) is 25.9. The molecule has 28 heavy (non-hydrogen) atoms. The van der Waals surface area contributed by atoms with Crippen LogP contribution >= 0.6 is 0 Å². The molecule has 0 atom stereocenters. The molecule has 1 amide bonds. The predicted molar refractivity (Wildman–Crippen MR) is 106 cm³/mol. The van der Waals surface area contributed by atoms with Crippen molar-refractivity contribution >= 4 is 17.3 Å². The molecule has 3 heterocycles. The number of aromatic nitrogens is 2. The first-order chi connectivity index (χ1) is 13.5. The van der Waals surface area contributed by atoms with Crippen LogP contribution in [0.1, 0.15) is 44.1 Å². The number of rotatable bonds is 3. The summed E-state index contributed by atoms with van der Waals surface area (Å²) < 4.78 is 0. The van der Waals surface area contributed by atoms with Gasteiger partial charge in [-0.25, -0.2) is 4.98 Å². The molecular formula is C22H17N5O. The zero-order valence-electron chi connectivity index (χ0n) is 15.5. The first-order valence-corrected chi connectivity index (χ1v) is 8.85. The van der Waals surface area contributed by atoms with Gasteiger partial charge in [0.2, 0.25) is 0 Å². The van der Waals surface area contributed by atoms with Crippen LogP contribution in [0.4, 0.5) is 5.69 Å². The molecule has 0 bridgehead atoms. The van der Waals surface area contributed by atoms with E-state index in [-0.39, 0.29) is 5.91 Å². The molecule has 0 unspecified atom stereocenters. The summed E-state index contributed by atoms with van der Waals surface area (Å²) in [5.74, 6) is -0.313. The number of nitrogens with one attached hydrogen (secondary N) is 1. The Balaban J connectivity index is 1.62. The Morgan fingerprint density at radius 1 is 1.18 bits per heavy atom. The van der Waals surface area contributed by atoms with Crippen molar-refractivity contribution in [2.75, 3.05) is 5.32 Å². The highest BCUT2D eigenvalue weighted by Gasteiger charge is 2.20. The Bertz CT molecular complexity index is 1170. The van der Waals surface area contributed by atoms with Crippen molar-refractivity contribution in [3.8, 4) is 6.07 Å². The zero-order chi connectivity index (χ0) is 19.7. The number of anilines is 1. The molecule has 4 rings (SSSR count). The van der Waals surface area contributed by atoms with Gasteiger partial charge < -0.3 is 5.32 Å². The van der Waals surface area contributed by atoms with Crippen LogP contribution in [0.5, 0.6) is 0 Å². The van der Waals surface area contributed by atoms with Crippen molar-refractivity contribution in [3.05, 3.63) is 88.0 Å². The Labute approximate surface area is 162 Å². The quantitative estimate of drug-likeness (QED) is 0.766. The molecule has 1 aliphatic heterocycles. The van der Waals surface area contributed by atoms with Crippen molar-refractivity contribution in [2.45, 2.75) is 20.4 Å². The van der Waals surface area contributed by atoms with Gasteiger partial charge in [-0.05, 0) is 55.3 Å². The summed E-state index contributed by atoms with van der Waals surface area (Å²) in [5, 5.41) is 11.8. The van der Waals surface area contributed by atoms with Gasteiger partial charge in [0.25, 0.3) is 5.91 Å². The molecule has 2 aromatic heterocycles. The van der Waals surface area contributed by atoms with Crippen molar-refractivity contribution in [3.63, 3.8) is 0 Å². The maximum atomic E-state index is 12.6. The monoisotopic (exact) mass is 367 g/mol. The minimum Gasteiger partial charge on any atom is -0.321 e. The van der Waals surface area contributed by atoms with E-state index in [9.17, 15) is 4.79 Å². The molecule has 1 N–H and O–H groups in total. The van der Waals surface area contributed by atoms with Crippen LogP contribution in [-0.2, 0) is 6.54 Å². The number of aliphatic imine (C=N–C) groups is 1. The molecule has 6 heteroatoms. The van der Waals surface area contributed by atoms with Gasteiger partial charge in [-0.2, -0.15) is 5.26 Å². The first kappa shape index (κ1) is 17.6. The molecule has 3 aromatic rings. The largest absolute Gasteiger partial charge is 0.321 e. The van der Waals surface area contributed by atoms with Gasteiger partial charge in [0, 0.05) is 23.1 Å². The van der Waals surface area contributed by atoms with Gasteiger partial charge in [0.05, 0.1) is 23.5 Å². The third-order valence-corrected chi connectivity index (χ3v) is 4.58. The molecule has 6 nitrogen and oxygen atoms in total. The third-order valence-electron chi connectivity index (χ3n) is 4.58. The number of aryl methyl sites for hydroxylation is 2. The van der Waals surface area contributed by atoms with Crippen LogP contribution in [0.2, 0.25) is 0 Å². The Morgan fingerprint density at radius 3 is 2.79 bits per heavy atom. The molecule has 0 saturated carbocycles. The van der Waals surface area contributed by atoms with Gasteiger partial charge in [-0.15, -0.1) is 0 Å². The van der Waals surface area contributed by atoms with E-state index in [1.165, 1.54) is 6.20 Å². The third kappa shape index (κ3) is 3.26. The van der Waals surface area contributed by atoms with E-state index in [1.807, 2.05) is 49.4 Å². The number of hydrogen-bond acceptors (Lipinski definition) is 5. The topological polar surface area (TPSA) is 91.0 Å². The SMILES string of the molecule is Cc1cccc(C2=NCc3ccc(NC(=O)c4ncc(C#N)cc4C)cc32)n1. The first-order valence-electron chi connectivity index (χ1n) is 8.85. The van der Waals surface area contributed by atoms with E-state index in [1.54, 1.807) is 13.0 Å². The minimum absolute atomic E-state index is 0.300.